The van der Waals surface area contributed by atoms with Gasteiger partial charge in [-0.2, -0.15) is 0 Å². The molecule has 24 heavy (non-hydrogen) atoms. The lowest BCUT2D eigenvalue weighted by atomic mass is 9.86. The van der Waals surface area contributed by atoms with Gasteiger partial charge in [-0.15, -0.1) is 0 Å². The van der Waals surface area contributed by atoms with Crippen LogP contribution in [0.3, 0.4) is 0 Å². The number of hydrogen-bond acceptors (Lipinski definition) is 1. The molecule has 0 spiro atoms. The van der Waals surface area contributed by atoms with Crippen molar-refractivity contribution in [2.75, 3.05) is 13.1 Å². The maximum Gasteiger partial charge on any atom is 0.0102 e. The minimum Gasteiger partial charge on any atom is -0.300 e. The molecule has 1 heterocycles. The van der Waals surface area contributed by atoms with Crippen LogP contribution in [-0.4, -0.2) is 24.0 Å². The summed E-state index contributed by atoms with van der Waals surface area (Å²) in [5.74, 6) is 0.769. The minimum absolute atomic E-state index is 0.769. The van der Waals surface area contributed by atoms with E-state index in [4.69, 9.17) is 0 Å². The summed E-state index contributed by atoms with van der Waals surface area (Å²) in [5, 5.41) is 0. The van der Waals surface area contributed by atoms with Gasteiger partial charge in [-0.05, 0) is 86.7 Å². The first-order valence-electron chi connectivity index (χ1n) is 9.67. The normalized spacial score (nSPS) is 20.5. The molecule has 1 nitrogen and oxygen atoms in total. The first kappa shape index (κ1) is 15.9. The molecule has 0 unspecified atom stereocenters. The van der Waals surface area contributed by atoms with Crippen LogP contribution in [0, 0.1) is 6.92 Å². The molecule has 0 N–H and O–H groups in total. The van der Waals surface area contributed by atoms with Crippen molar-refractivity contribution in [3.8, 4) is 0 Å². The fourth-order valence-electron chi connectivity index (χ4n) is 4.82. The van der Waals surface area contributed by atoms with Gasteiger partial charge in [0.25, 0.3) is 0 Å². The molecule has 1 aliphatic heterocycles. The van der Waals surface area contributed by atoms with Crippen LogP contribution in [0.1, 0.15) is 53.9 Å². The van der Waals surface area contributed by atoms with E-state index in [2.05, 4.69) is 60.4 Å². The third-order valence-corrected chi connectivity index (χ3v) is 6.29. The lowest BCUT2D eigenvalue weighted by Gasteiger charge is -2.38. The van der Waals surface area contributed by atoms with E-state index in [1.165, 1.54) is 57.2 Å². The van der Waals surface area contributed by atoms with Crippen molar-refractivity contribution in [1.82, 2.24) is 4.90 Å². The zero-order valence-corrected chi connectivity index (χ0v) is 14.9. The van der Waals surface area contributed by atoms with Crippen molar-refractivity contribution in [1.29, 1.82) is 0 Å². The van der Waals surface area contributed by atoms with Gasteiger partial charge in [-0.25, -0.2) is 0 Å². The standard InChI is InChI=1S/C23H29N/c1-18-6-2-5-9-23(18)21-14-16-24(17-15-21)22-12-10-19-7-3-4-8-20(19)11-13-22/h2-9,21-22H,10-17H2,1H3. The zero-order chi connectivity index (χ0) is 16.4. The molecule has 0 bridgehead atoms. The Hall–Kier alpha value is -1.60. The molecule has 0 saturated carbocycles. The average Bonchev–Trinajstić information content (AvgIpc) is 2.85. The maximum absolute atomic E-state index is 2.79. The zero-order valence-electron chi connectivity index (χ0n) is 14.9. The van der Waals surface area contributed by atoms with Gasteiger partial charge in [0.2, 0.25) is 0 Å². The molecule has 126 valence electrons. The number of aryl methyl sites for hydroxylation is 3. The van der Waals surface area contributed by atoms with Gasteiger partial charge in [-0.3, -0.25) is 0 Å². The van der Waals surface area contributed by atoms with E-state index >= 15 is 0 Å². The molecule has 0 aromatic heterocycles. The molecule has 0 atom stereocenters. The molecule has 2 aromatic rings. The highest BCUT2D eigenvalue weighted by Gasteiger charge is 2.27. The highest BCUT2D eigenvalue weighted by Crippen LogP contribution is 2.33. The number of benzene rings is 2. The van der Waals surface area contributed by atoms with Crippen LogP contribution < -0.4 is 0 Å². The summed E-state index contributed by atoms with van der Waals surface area (Å²) < 4.78 is 0. The third-order valence-electron chi connectivity index (χ3n) is 6.29. The third kappa shape index (κ3) is 3.28. The van der Waals surface area contributed by atoms with E-state index in [1.807, 2.05) is 0 Å². The van der Waals surface area contributed by atoms with Crippen LogP contribution in [0.15, 0.2) is 48.5 Å². The Morgan fingerprint density at radius 1 is 0.750 bits per heavy atom. The molecular formula is C23H29N. The van der Waals surface area contributed by atoms with Crippen molar-refractivity contribution in [2.24, 2.45) is 0 Å². The lowest BCUT2D eigenvalue weighted by Crippen LogP contribution is -2.41. The second-order valence-corrected chi connectivity index (χ2v) is 7.67. The number of piperidine rings is 1. The fraction of sp³-hybridized carbons (Fsp3) is 0.478. The Morgan fingerprint density at radius 2 is 1.33 bits per heavy atom. The molecular weight excluding hydrogens is 290 g/mol. The van der Waals surface area contributed by atoms with E-state index in [9.17, 15) is 0 Å². The topological polar surface area (TPSA) is 3.24 Å². The number of likely N-dealkylation sites (tertiary alicyclic amines) is 1. The van der Waals surface area contributed by atoms with Crippen LogP contribution in [0.2, 0.25) is 0 Å². The van der Waals surface area contributed by atoms with E-state index in [0.717, 1.165) is 12.0 Å². The smallest absolute Gasteiger partial charge is 0.0102 e. The molecule has 0 radical (unpaired) electrons. The first-order valence-corrected chi connectivity index (χ1v) is 9.67. The molecule has 1 aliphatic carbocycles. The predicted molar refractivity (Wildman–Crippen MR) is 102 cm³/mol. The second-order valence-electron chi connectivity index (χ2n) is 7.67. The van der Waals surface area contributed by atoms with Crippen LogP contribution in [-0.2, 0) is 12.8 Å². The van der Waals surface area contributed by atoms with Crippen LogP contribution in [0.5, 0.6) is 0 Å². The molecule has 4 rings (SSSR count). The number of nitrogens with zero attached hydrogens (tertiary/aromatic N) is 1. The van der Waals surface area contributed by atoms with Gasteiger partial charge in [0.1, 0.15) is 0 Å². The Labute approximate surface area is 146 Å². The van der Waals surface area contributed by atoms with Gasteiger partial charge >= 0.3 is 0 Å². The number of hydrogen-bond donors (Lipinski definition) is 0. The van der Waals surface area contributed by atoms with Gasteiger partial charge < -0.3 is 4.90 Å². The Bertz CT molecular complexity index is 655. The van der Waals surface area contributed by atoms with Crippen molar-refractivity contribution >= 4 is 0 Å². The Kier molecular flexibility index (Phi) is 4.71. The van der Waals surface area contributed by atoms with Crippen molar-refractivity contribution < 1.29 is 0 Å². The summed E-state index contributed by atoms with van der Waals surface area (Å²) in [6.45, 7) is 4.82. The van der Waals surface area contributed by atoms with Gasteiger partial charge in [-0.1, -0.05) is 48.5 Å². The van der Waals surface area contributed by atoms with Crippen LogP contribution >= 0.6 is 0 Å². The lowest BCUT2D eigenvalue weighted by molar-refractivity contribution is 0.139. The fourth-order valence-corrected chi connectivity index (χ4v) is 4.82. The average molecular weight is 319 g/mol. The summed E-state index contributed by atoms with van der Waals surface area (Å²) in [6.07, 6.45) is 7.86. The predicted octanol–water partition coefficient (Wildman–Crippen LogP) is 5.12. The molecule has 0 amide bonds. The minimum atomic E-state index is 0.769. The van der Waals surface area contributed by atoms with Crippen molar-refractivity contribution in [2.45, 2.75) is 57.4 Å². The van der Waals surface area contributed by atoms with E-state index in [1.54, 1.807) is 16.7 Å². The van der Waals surface area contributed by atoms with E-state index in [0.29, 0.717) is 0 Å². The quantitative estimate of drug-likeness (QED) is 0.694. The molecule has 1 saturated heterocycles. The van der Waals surface area contributed by atoms with Crippen molar-refractivity contribution in [3.05, 3.63) is 70.8 Å². The molecule has 1 heteroatoms. The highest BCUT2D eigenvalue weighted by molar-refractivity contribution is 5.30. The molecule has 1 fully saturated rings. The summed E-state index contributed by atoms with van der Waals surface area (Å²) >= 11 is 0. The molecule has 2 aliphatic rings. The van der Waals surface area contributed by atoms with Crippen LogP contribution in [0.4, 0.5) is 0 Å². The van der Waals surface area contributed by atoms with Gasteiger partial charge in [0, 0.05) is 6.04 Å². The van der Waals surface area contributed by atoms with Gasteiger partial charge in [0.05, 0.1) is 0 Å². The SMILES string of the molecule is Cc1ccccc1C1CCN(C2CCc3ccccc3CC2)CC1. The van der Waals surface area contributed by atoms with E-state index in [-0.39, 0.29) is 0 Å². The monoisotopic (exact) mass is 319 g/mol. The highest BCUT2D eigenvalue weighted by atomic mass is 15.2. The second kappa shape index (κ2) is 7.11. The maximum atomic E-state index is 2.79. The summed E-state index contributed by atoms with van der Waals surface area (Å²) in [6, 6.07) is 18.8. The Balaban J connectivity index is 1.37. The summed E-state index contributed by atoms with van der Waals surface area (Å²) in [5.41, 5.74) is 6.25. The molecule has 2 aromatic carbocycles. The Morgan fingerprint density at radius 3 is 1.96 bits per heavy atom. The van der Waals surface area contributed by atoms with Gasteiger partial charge in [0.15, 0.2) is 0 Å². The van der Waals surface area contributed by atoms with E-state index < -0.39 is 0 Å². The van der Waals surface area contributed by atoms with Crippen LogP contribution in [0.25, 0.3) is 0 Å². The summed E-state index contributed by atoms with van der Waals surface area (Å²) in [7, 11) is 0. The number of rotatable bonds is 2. The first-order chi connectivity index (χ1) is 11.8. The van der Waals surface area contributed by atoms with Crippen molar-refractivity contribution in [3.63, 3.8) is 0 Å². The number of fused-ring (bicyclic) bond motifs is 1. The summed E-state index contributed by atoms with van der Waals surface area (Å²) in [4.78, 5) is 2.79. The largest absolute Gasteiger partial charge is 0.300 e.